The molecule has 0 radical (unpaired) electrons. The summed E-state index contributed by atoms with van der Waals surface area (Å²) in [7, 11) is 0. The second-order valence-electron chi connectivity index (χ2n) is 7.30. The van der Waals surface area contributed by atoms with Crippen molar-refractivity contribution in [1.82, 2.24) is 5.32 Å². The molecule has 1 aliphatic rings. The highest BCUT2D eigenvalue weighted by atomic mass is 16.6. The van der Waals surface area contributed by atoms with E-state index in [0.29, 0.717) is 5.92 Å². The number of hydrogen-bond donors (Lipinski definition) is 1. The molecule has 1 rings (SSSR count). The van der Waals surface area contributed by atoms with Crippen molar-refractivity contribution in [3.63, 3.8) is 0 Å². The molecule has 0 heterocycles. The van der Waals surface area contributed by atoms with E-state index in [-0.39, 0.29) is 18.1 Å². The molecule has 126 valence electrons. The molecule has 0 bridgehead atoms. The summed E-state index contributed by atoms with van der Waals surface area (Å²) in [4.78, 5) is 22.5. The van der Waals surface area contributed by atoms with Crippen LogP contribution in [-0.2, 0) is 9.53 Å². The van der Waals surface area contributed by atoms with Gasteiger partial charge in [0, 0.05) is 12.0 Å². The smallest absolute Gasteiger partial charge is 0.407 e. The van der Waals surface area contributed by atoms with Crippen LogP contribution in [0.25, 0.3) is 0 Å². The number of aldehydes is 1. The first-order chi connectivity index (χ1) is 10.3. The summed E-state index contributed by atoms with van der Waals surface area (Å²) in [5, 5.41) is 2.85. The maximum atomic E-state index is 11.6. The molecule has 0 aromatic heterocycles. The Bertz CT molecular complexity index is 384. The van der Waals surface area contributed by atoms with Crippen molar-refractivity contribution >= 4 is 12.4 Å². The first kappa shape index (κ1) is 18.7. The highest BCUT2D eigenvalue weighted by Crippen LogP contribution is 2.31. The molecule has 3 atom stereocenters. The summed E-state index contributed by atoms with van der Waals surface area (Å²) in [6.07, 6.45) is 11.4. The van der Waals surface area contributed by atoms with E-state index in [2.05, 4.69) is 17.5 Å². The molecule has 1 saturated carbocycles. The van der Waals surface area contributed by atoms with Gasteiger partial charge in [0.25, 0.3) is 0 Å². The number of carbonyl (C=O) groups excluding carboxylic acids is 2. The van der Waals surface area contributed by atoms with Gasteiger partial charge in [0.05, 0.1) is 0 Å². The summed E-state index contributed by atoms with van der Waals surface area (Å²) in [5.41, 5.74) is -0.455. The lowest BCUT2D eigenvalue weighted by molar-refractivity contribution is -0.111. The van der Waals surface area contributed by atoms with Gasteiger partial charge in [0.1, 0.15) is 11.9 Å². The fourth-order valence-electron chi connectivity index (χ4n) is 2.82. The average molecular weight is 309 g/mol. The number of nitrogens with one attached hydrogen (secondary N) is 1. The number of allylic oxidation sites excluding steroid dienone is 2. The van der Waals surface area contributed by atoms with E-state index in [1.165, 1.54) is 0 Å². The van der Waals surface area contributed by atoms with E-state index in [4.69, 9.17) is 4.74 Å². The molecule has 0 spiro atoms. The molecular weight excluding hydrogens is 278 g/mol. The number of carbonyl (C=O) groups is 2. The lowest BCUT2D eigenvalue weighted by Crippen LogP contribution is -2.37. The van der Waals surface area contributed by atoms with Crippen molar-refractivity contribution in [3.8, 4) is 0 Å². The third-order valence-electron chi connectivity index (χ3n) is 3.95. The van der Waals surface area contributed by atoms with Crippen molar-refractivity contribution in [1.29, 1.82) is 0 Å². The third kappa shape index (κ3) is 7.62. The lowest BCUT2D eigenvalue weighted by Gasteiger charge is -2.21. The summed E-state index contributed by atoms with van der Waals surface area (Å²) >= 11 is 0. The monoisotopic (exact) mass is 309 g/mol. The van der Waals surface area contributed by atoms with Gasteiger partial charge >= 0.3 is 6.09 Å². The minimum atomic E-state index is -0.455. The maximum Gasteiger partial charge on any atom is 0.407 e. The zero-order valence-corrected chi connectivity index (χ0v) is 14.4. The Kier molecular flexibility index (Phi) is 7.63. The Balaban J connectivity index is 2.16. The summed E-state index contributed by atoms with van der Waals surface area (Å²) in [5.74, 6) is 0.666. The Morgan fingerprint density at radius 1 is 1.32 bits per heavy atom. The number of rotatable bonds is 7. The largest absolute Gasteiger partial charge is 0.444 e. The van der Waals surface area contributed by atoms with Crippen LogP contribution in [0.2, 0.25) is 0 Å². The Morgan fingerprint density at radius 2 is 2.00 bits per heavy atom. The highest BCUT2D eigenvalue weighted by Gasteiger charge is 2.24. The van der Waals surface area contributed by atoms with Gasteiger partial charge in [0.2, 0.25) is 0 Å². The van der Waals surface area contributed by atoms with Crippen LogP contribution in [0.4, 0.5) is 4.79 Å². The molecule has 1 N–H and O–H groups in total. The zero-order valence-electron chi connectivity index (χ0n) is 14.4. The van der Waals surface area contributed by atoms with E-state index in [1.54, 1.807) is 0 Å². The van der Waals surface area contributed by atoms with E-state index < -0.39 is 5.60 Å². The van der Waals surface area contributed by atoms with Crippen LogP contribution < -0.4 is 5.32 Å². The van der Waals surface area contributed by atoms with Crippen LogP contribution in [0.1, 0.15) is 66.2 Å². The van der Waals surface area contributed by atoms with E-state index in [9.17, 15) is 9.59 Å². The maximum absolute atomic E-state index is 11.6. The van der Waals surface area contributed by atoms with Crippen LogP contribution >= 0.6 is 0 Å². The molecule has 4 nitrogen and oxygen atoms in total. The van der Waals surface area contributed by atoms with Gasteiger partial charge in [-0.3, -0.25) is 0 Å². The molecule has 4 heteroatoms. The number of alkyl carbamates (subject to hydrolysis) is 1. The summed E-state index contributed by atoms with van der Waals surface area (Å²) in [6.45, 7) is 7.57. The summed E-state index contributed by atoms with van der Waals surface area (Å²) in [6, 6.07) is 0.109. The number of amides is 1. The standard InChI is InChI=1S/C18H31NO3/c1-14(19-17(21)22-18(2,3)4)9-6-5-7-10-15-11-8-12-16(15)13-20/h7,10,13-16H,5-6,8-9,11-12H2,1-4H3,(H,19,21)/b10-7+/t14-,15+,16-/m0/s1. The van der Waals surface area contributed by atoms with E-state index in [0.717, 1.165) is 44.8 Å². The first-order valence-corrected chi connectivity index (χ1v) is 8.43. The normalized spacial score (nSPS) is 23.5. The lowest BCUT2D eigenvalue weighted by atomic mass is 9.96. The molecule has 0 saturated heterocycles. The molecule has 22 heavy (non-hydrogen) atoms. The predicted octanol–water partition coefficient (Wildman–Crippen LogP) is 4.24. The van der Waals surface area contributed by atoms with E-state index in [1.807, 2.05) is 27.7 Å². The Labute approximate surface area is 134 Å². The molecule has 1 aliphatic carbocycles. The summed E-state index contributed by atoms with van der Waals surface area (Å²) < 4.78 is 5.23. The molecule has 0 aromatic rings. The zero-order chi connectivity index (χ0) is 16.6. The Hall–Kier alpha value is -1.32. The quantitative estimate of drug-likeness (QED) is 0.435. The second-order valence-corrected chi connectivity index (χ2v) is 7.30. The fraction of sp³-hybridized carbons (Fsp3) is 0.778. The number of ether oxygens (including phenoxy) is 1. The first-order valence-electron chi connectivity index (χ1n) is 8.43. The third-order valence-corrected chi connectivity index (χ3v) is 3.95. The molecule has 0 aromatic carbocycles. The van der Waals surface area contributed by atoms with Crippen LogP contribution in [0.15, 0.2) is 12.2 Å². The molecular formula is C18H31NO3. The van der Waals surface area contributed by atoms with Gasteiger partial charge in [-0.05, 0) is 65.7 Å². The van der Waals surface area contributed by atoms with E-state index >= 15 is 0 Å². The van der Waals surface area contributed by atoms with Crippen LogP contribution in [0, 0.1) is 11.8 Å². The SMILES string of the molecule is C[C@@H](CCC/C=C/[C@@H]1CCC[C@H]1C=O)NC(=O)OC(C)(C)C. The van der Waals surface area contributed by atoms with Gasteiger partial charge in [-0.15, -0.1) is 0 Å². The predicted molar refractivity (Wildman–Crippen MR) is 88.7 cm³/mol. The van der Waals surface area contributed by atoms with Crippen molar-refractivity contribution in [2.45, 2.75) is 77.9 Å². The number of hydrogen-bond acceptors (Lipinski definition) is 3. The van der Waals surface area contributed by atoms with Crippen molar-refractivity contribution in [2.24, 2.45) is 11.8 Å². The Morgan fingerprint density at radius 3 is 2.64 bits per heavy atom. The molecule has 1 amide bonds. The minimum absolute atomic E-state index is 0.109. The minimum Gasteiger partial charge on any atom is -0.444 e. The van der Waals surface area contributed by atoms with Gasteiger partial charge in [-0.2, -0.15) is 0 Å². The van der Waals surface area contributed by atoms with Crippen molar-refractivity contribution in [2.75, 3.05) is 0 Å². The molecule has 0 unspecified atom stereocenters. The molecule has 1 fully saturated rings. The average Bonchev–Trinajstić information content (AvgIpc) is 2.83. The second kappa shape index (κ2) is 8.96. The van der Waals surface area contributed by atoms with Crippen molar-refractivity contribution in [3.05, 3.63) is 12.2 Å². The fourth-order valence-corrected chi connectivity index (χ4v) is 2.82. The van der Waals surface area contributed by atoms with Gasteiger partial charge in [0.15, 0.2) is 0 Å². The topological polar surface area (TPSA) is 55.4 Å². The van der Waals surface area contributed by atoms with Crippen LogP contribution in [-0.4, -0.2) is 24.0 Å². The van der Waals surface area contributed by atoms with Gasteiger partial charge < -0.3 is 14.8 Å². The number of unbranched alkanes of at least 4 members (excludes halogenated alkanes) is 1. The van der Waals surface area contributed by atoms with Gasteiger partial charge in [-0.25, -0.2) is 4.79 Å². The van der Waals surface area contributed by atoms with Crippen LogP contribution in [0.5, 0.6) is 0 Å². The highest BCUT2D eigenvalue weighted by molar-refractivity contribution is 5.67. The van der Waals surface area contributed by atoms with Crippen molar-refractivity contribution < 1.29 is 14.3 Å². The molecule has 0 aliphatic heterocycles. The van der Waals surface area contributed by atoms with Gasteiger partial charge in [-0.1, -0.05) is 18.6 Å². The van der Waals surface area contributed by atoms with Crippen LogP contribution in [0.3, 0.4) is 0 Å².